The molecule has 1 heterocycles. The molecule has 3 rings (SSSR count). The van der Waals surface area contributed by atoms with Crippen molar-refractivity contribution in [3.8, 4) is 0 Å². The number of aryl methyl sites for hydroxylation is 1. The molecule has 2 aliphatic rings. The highest BCUT2D eigenvalue weighted by Gasteiger charge is 2.31. The number of piperidine rings is 1. The predicted molar refractivity (Wildman–Crippen MR) is 89.9 cm³/mol. The summed E-state index contributed by atoms with van der Waals surface area (Å²) in [6, 6.07) is 9.13. The first-order valence-corrected chi connectivity index (χ1v) is 8.87. The van der Waals surface area contributed by atoms with Crippen LogP contribution in [-0.4, -0.2) is 36.5 Å². The average molecular weight is 300 g/mol. The van der Waals surface area contributed by atoms with Gasteiger partial charge >= 0.3 is 0 Å². The summed E-state index contributed by atoms with van der Waals surface area (Å²) in [4.78, 5) is 15.2. The lowest BCUT2D eigenvalue weighted by molar-refractivity contribution is -0.139. The summed E-state index contributed by atoms with van der Waals surface area (Å²) in [5.41, 5.74) is 2.92. The third kappa shape index (κ3) is 3.35. The minimum absolute atomic E-state index is 0.241. The van der Waals surface area contributed by atoms with E-state index in [9.17, 15) is 4.79 Å². The molecule has 3 heteroatoms. The van der Waals surface area contributed by atoms with E-state index in [2.05, 4.69) is 41.4 Å². The number of hydrogen-bond donors (Lipinski definition) is 1. The van der Waals surface area contributed by atoms with Gasteiger partial charge in [-0.2, -0.15) is 0 Å². The van der Waals surface area contributed by atoms with Gasteiger partial charge in [0.15, 0.2) is 0 Å². The normalized spacial score (nSPS) is 22.1. The number of fused-ring (bicyclic) bond motifs is 1. The van der Waals surface area contributed by atoms with E-state index in [4.69, 9.17) is 0 Å². The molecule has 0 aromatic heterocycles. The van der Waals surface area contributed by atoms with Crippen LogP contribution in [0.4, 0.5) is 0 Å². The monoisotopic (exact) mass is 300 g/mol. The molecule has 120 valence electrons. The molecule has 1 amide bonds. The molecule has 1 N–H and O–H groups in total. The average Bonchev–Trinajstić information content (AvgIpc) is 2.59. The van der Waals surface area contributed by atoms with Gasteiger partial charge in [0, 0.05) is 18.5 Å². The quantitative estimate of drug-likeness (QED) is 0.927. The van der Waals surface area contributed by atoms with Crippen LogP contribution >= 0.6 is 0 Å². The summed E-state index contributed by atoms with van der Waals surface area (Å²) < 4.78 is 0. The van der Waals surface area contributed by atoms with Crippen molar-refractivity contribution < 1.29 is 4.79 Å². The van der Waals surface area contributed by atoms with E-state index >= 15 is 0 Å². The standard InChI is InChI=1S/C19H28N2O/c1-2-13-21(19(22)16-9-11-20-12-10-16)18-8-7-15-5-3-4-6-17(15)14-18/h3-6,16,18,20H,2,7-14H2,1H3. The van der Waals surface area contributed by atoms with Crippen LogP contribution in [-0.2, 0) is 17.6 Å². The first kappa shape index (κ1) is 15.5. The topological polar surface area (TPSA) is 32.3 Å². The van der Waals surface area contributed by atoms with Gasteiger partial charge in [0.25, 0.3) is 0 Å². The van der Waals surface area contributed by atoms with E-state index in [1.165, 1.54) is 11.1 Å². The molecule has 0 spiro atoms. The number of hydrogen-bond acceptors (Lipinski definition) is 2. The van der Waals surface area contributed by atoms with E-state index < -0.39 is 0 Å². The maximum absolute atomic E-state index is 13.0. The Morgan fingerprint density at radius 3 is 2.64 bits per heavy atom. The zero-order valence-corrected chi connectivity index (χ0v) is 13.7. The van der Waals surface area contributed by atoms with Gasteiger partial charge in [0.2, 0.25) is 5.91 Å². The van der Waals surface area contributed by atoms with Crippen LogP contribution in [0.15, 0.2) is 24.3 Å². The number of carbonyl (C=O) groups is 1. The van der Waals surface area contributed by atoms with Gasteiger partial charge in [-0.3, -0.25) is 4.79 Å². The van der Waals surface area contributed by atoms with Crippen molar-refractivity contribution in [2.45, 2.75) is 51.5 Å². The van der Waals surface area contributed by atoms with E-state index in [1.54, 1.807) is 0 Å². The summed E-state index contributed by atoms with van der Waals surface area (Å²) in [5.74, 6) is 0.651. The summed E-state index contributed by atoms with van der Waals surface area (Å²) in [5, 5.41) is 3.36. The fourth-order valence-corrected chi connectivity index (χ4v) is 3.96. The van der Waals surface area contributed by atoms with Crippen LogP contribution < -0.4 is 5.32 Å². The molecule has 1 unspecified atom stereocenters. The SMILES string of the molecule is CCCN(C(=O)C1CCNCC1)C1CCc2ccccc2C1. The van der Waals surface area contributed by atoms with Crippen LogP contribution in [0.3, 0.4) is 0 Å². The fraction of sp³-hybridized carbons (Fsp3) is 0.632. The Balaban J connectivity index is 1.72. The van der Waals surface area contributed by atoms with E-state index in [1.807, 2.05) is 0 Å². The summed E-state index contributed by atoms with van der Waals surface area (Å²) in [6.45, 7) is 5.07. The molecule has 0 radical (unpaired) electrons. The second-order valence-electron chi connectivity index (χ2n) is 6.72. The second-order valence-corrected chi connectivity index (χ2v) is 6.72. The second kappa shape index (κ2) is 7.28. The molecule has 1 aliphatic heterocycles. The van der Waals surface area contributed by atoms with Crippen molar-refractivity contribution in [3.63, 3.8) is 0 Å². The minimum atomic E-state index is 0.241. The van der Waals surface area contributed by atoms with Crippen LogP contribution in [0.5, 0.6) is 0 Å². The highest BCUT2D eigenvalue weighted by molar-refractivity contribution is 5.79. The largest absolute Gasteiger partial charge is 0.339 e. The maximum Gasteiger partial charge on any atom is 0.226 e. The van der Waals surface area contributed by atoms with Crippen molar-refractivity contribution in [2.75, 3.05) is 19.6 Å². The van der Waals surface area contributed by atoms with E-state index in [0.29, 0.717) is 11.9 Å². The van der Waals surface area contributed by atoms with Crippen molar-refractivity contribution in [1.29, 1.82) is 0 Å². The third-order valence-electron chi connectivity index (χ3n) is 5.20. The van der Waals surface area contributed by atoms with Gasteiger partial charge in [0.05, 0.1) is 0 Å². The number of carbonyl (C=O) groups excluding carboxylic acids is 1. The lowest BCUT2D eigenvalue weighted by Gasteiger charge is -2.38. The van der Waals surface area contributed by atoms with E-state index in [0.717, 1.165) is 58.2 Å². The molecule has 0 saturated carbocycles. The maximum atomic E-state index is 13.0. The number of nitrogens with zero attached hydrogens (tertiary/aromatic N) is 1. The Bertz CT molecular complexity index is 508. The molecule has 1 fully saturated rings. The van der Waals surface area contributed by atoms with Gasteiger partial charge in [0.1, 0.15) is 0 Å². The molecule has 1 aromatic carbocycles. The predicted octanol–water partition coefficient (Wildman–Crippen LogP) is 2.78. The minimum Gasteiger partial charge on any atom is -0.339 e. The first-order chi connectivity index (χ1) is 10.8. The molecule has 1 saturated heterocycles. The van der Waals surface area contributed by atoms with Gasteiger partial charge in [-0.15, -0.1) is 0 Å². The van der Waals surface area contributed by atoms with Crippen molar-refractivity contribution in [1.82, 2.24) is 10.2 Å². The molecule has 3 nitrogen and oxygen atoms in total. The molecular formula is C19H28N2O. The van der Waals surface area contributed by atoms with Crippen molar-refractivity contribution in [2.24, 2.45) is 5.92 Å². The summed E-state index contributed by atoms with van der Waals surface area (Å²) >= 11 is 0. The Morgan fingerprint density at radius 2 is 1.91 bits per heavy atom. The first-order valence-electron chi connectivity index (χ1n) is 8.87. The zero-order valence-electron chi connectivity index (χ0n) is 13.7. The number of nitrogens with one attached hydrogen (secondary N) is 1. The Morgan fingerprint density at radius 1 is 1.18 bits per heavy atom. The van der Waals surface area contributed by atoms with Crippen molar-refractivity contribution in [3.05, 3.63) is 35.4 Å². The zero-order chi connectivity index (χ0) is 15.4. The van der Waals surface area contributed by atoms with Crippen LogP contribution in [0.25, 0.3) is 0 Å². The van der Waals surface area contributed by atoms with Crippen LogP contribution in [0, 0.1) is 5.92 Å². The summed E-state index contributed by atoms with van der Waals surface area (Å²) in [6.07, 6.45) is 6.32. The molecular weight excluding hydrogens is 272 g/mol. The number of amides is 1. The molecule has 1 atom stereocenters. The van der Waals surface area contributed by atoms with Gasteiger partial charge in [-0.05, 0) is 62.7 Å². The van der Waals surface area contributed by atoms with Crippen LogP contribution in [0.2, 0.25) is 0 Å². The van der Waals surface area contributed by atoms with Gasteiger partial charge < -0.3 is 10.2 Å². The lowest BCUT2D eigenvalue weighted by atomic mass is 9.86. The van der Waals surface area contributed by atoms with Gasteiger partial charge in [-0.1, -0.05) is 31.2 Å². The molecule has 1 aromatic rings. The number of benzene rings is 1. The lowest BCUT2D eigenvalue weighted by Crippen LogP contribution is -2.48. The van der Waals surface area contributed by atoms with Crippen LogP contribution in [0.1, 0.15) is 43.7 Å². The Labute approximate surface area is 134 Å². The molecule has 22 heavy (non-hydrogen) atoms. The Hall–Kier alpha value is -1.35. The number of rotatable bonds is 4. The third-order valence-corrected chi connectivity index (χ3v) is 5.20. The summed E-state index contributed by atoms with van der Waals surface area (Å²) in [7, 11) is 0. The Kier molecular flexibility index (Phi) is 5.14. The fourth-order valence-electron chi connectivity index (χ4n) is 3.96. The molecule has 1 aliphatic carbocycles. The highest BCUT2D eigenvalue weighted by atomic mass is 16.2. The van der Waals surface area contributed by atoms with Gasteiger partial charge in [-0.25, -0.2) is 0 Å². The smallest absolute Gasteiger partial charge is 0.226 e. The molecule has 0 bridgehead atoms. The van der Waals surface area contributed by atoms with Crippen molar-refractivity contribution >= 4 is 5.91 Å². The van der Waals surface area contributed by atoms with E-state index in [-0.39, 0.29) is 5.92 Å². The highest BCUT2D eigenvalue weighted by Crippen LogP contribution is 2.27.